The summed E-state index contributed by atoms with van der Waals surface area (Å²) in [5.41, 5.74) is 5.51. The number of carbonyl (C=O) groups excluding carboxylic acids is 1. The highest BCUT2D eigenvalue weighted by atomic mass is 16.4. The van der Waals surface area contributed by atoms with E-state index in [1.165, 1.54) is 0 Å². The molecule has 0 radical (unpaired) electrons. The van der Waals surface area contributed by atoms with Crippen LogP contribution in [0.3, 0.4) is 0 Å². The number of amides is 1. The van der Waals surface area contributed by atoms with Crippen molar-refractivity contribution >= 4 is 11.9 Å². The van der Waals surface area contributed by atoms with Crippen LogP contribution in [0.5, 0.6) is 0 Å². The van der Waals surface area contributed by atoms with Gasteiger partial charge in [0.2, 0.25) is 5.91 Å². The molecule has 0 aromatic carbocycles. The molecule has 1 aliphatic heterocycles. The molecule has 6 nitrogen and oxygen atoms in total. The van der Waals surface area contributed by atoms with Gasteiger partial charge in [0, 0.05) is 32.6 Å². The van der Waals surface area contributed by atoms with E-state index in [-0.39, 0.29) is 12.5 Å². The molecule has 0 aliphatic carbocycles. The van der Waals surface area contributed by atoms with Crippen LogP contribution in [-0.2, 0) is 9.59 Å². The Bertz CT molecular complexity index is 288. The minimum atomic E-state index is -0.813. The fourth-order valence-electron chi connectivity index (χ4n) is 1.99. The van der Waals surface area contributed by atoms with Gasteiger partial charge in [-0.1, -0.05) is 6.92 Å². The van der Waals surface area contributed by atoms with Gasteiger partial charge >= 0.3 is 5.97 Å². The van der Waals surface area contributed by atoms with Gasteiger partial charge in [0.1, 0.15) is 0 Å². The Kier molecular flexibility index (Phi) is 6.07. The van der Waals surface area contributed by atoms with Crippen molar-refractivity contribution in [3.8, 4) is 0 Å². The summed E-state index contributed by atoms with van der Waals surface area (Å²) in [6.07, 6.45) is 1.36. The second-order valence-electron chi connectivity index (χ2n) is 4.93. The first-order valence-electron chi connectivity index (χ1n) is 6.45. The Balaban J connectivity index is 2.25. The van der Waals surface area contributed by atoms with Crippen LogP contribution in [0.15, 0.2) is 0 Å². The zero-order valence-electron chi connectivity index (χ0n) is 11.0. The van der Waals surface area contributed by atoms with E-state index in [1.807, 2.05) is 16.7 Å². The summed E-state index contributed by atoms with van der Waals surface area (Å²) in [7, 11) is 0. The molecule has 1 amide bonds. The third-order valence-electron chi connectivity index (χ3n) is 3.34. The first kappa shape index (κ1) is 14.9. The molecular formula is C12H23N3O3. The fraction of sp³-hybridized carbons (Fsp3) is 0.833. The minimum absolute atomic E-state index is 0.0617. The smallest absolute Gasteiger partial charge is 0.317 e. The molecule has 0 bridgehead atoms. The molecular weight excluding hydrogens is 234 g/mol. The Hall–Kier alpha value is -1.14. The average molecular weight is 257 g/mol. The van der Waals surface area contributed by atoms with Gasteiger partial charge in [-0.05, 0) is 18.9 Å². The van der Waals surface area contributed by atoms with Gasteiger partial charge < -0.3 is 15.7 Å². The maximum atomic E-state index is 11.9. The lowest BCUT2D eigenvalue weighted by Gasteiger charge is -2.34. The SMILES string of the molecule is CC(CN)CCC(=O)N1CCN(CC(=O)O)CC1. The van der Waals surface area contributed by atoms with E-state index in [4.69, 9.17) is 10.8 Å². The summed E-state index contributed by atoms with van der Waals surface area (Å²) >= 11 is 0. The second-order valence-corrected chi connectivity index (χ2v) is 4.93. The zero-order chi connectivity index (χ0) is 13.5. The monoisotopic (exact) mass is 257 g/mol. The minimum Gasteiger partial charge on any atom is -0.480 e. The van der Waals surface area contributed by atoms with Crippen LogP contribution in [0.1, 0.15) is 19.8 Å². The molecule has 1 fully saturated rings. The molecule has 104 valence electrons. The fourth-order valence-corrected chi connectivity index (χ4v) is 1.99. The van der Waals surface area contributed by atoms with Gasteiger partial charge in [-0.15, -0.1) is 0 Å². The molecule has 0 aromatic heterocycles. The normalized spacial score (nSPS) is 18.7. The van der Waals surface area contributed by atoms with E-state index in [0.29, 0.717) is 45.1 Å². The summed E-state index contributed by atoms with van der Waals surface area (Å²) in [5.74, 6) is -0.279. The van der Waals surface area contributed by atoms with Crippen LogP contribution in [0.2, 0.25) is 0 Å². The Labute approximate surface area is 108 Å². The molecule has 1 aliphatic rings. The summed E-state index contributed by atoms with van der Waals surface area (Å²) in [4.78, 5) is 26.1. The molecule has 3 N–H and O–H groups in total. The van der Waals surface area contributed by atoms with E-state index in [9.17, 15) is 9.59 Å². The van der Waals surface area contributed by atoms with Gasteiger partial charge in [-0.3, -0.25) is 14.5 Å². The van der Waals surface area contributed by atoms with Gasteiger partial charge in [0.15, 0.2) is 0 Å². The van der Waals surface area contributed by atoms with Gasteiger partial charge in [-0.2, -0.15) is 0 Å². The maximum absolute atomic E-state index is 11.9. The predicted molar refractivity (Wildman–Crippen MR) is 68.1 cm³/mol. The highest BCUT2D eigenvalue weighted by Gasteiger charge is 2.22. The van der Waals surface area contributed by atoms with Crippen LogP contribution in [0.4, 0.5) is 0 Å². The molecule has 1 atom stereocenters. The number of carboxylic acids is 1. The van der Waals surface area contributed by atoms with Crippen LogP contribution < -0.4 is 5.73 Å². The topological polar surface area (TPSA) is 86.9 Å². The number of rotatable bonds is 6. The van der Waals surface area contributed by atoms with Crippen molar-refractivity contribution in [1.29, 1.82) is 0 Å². The van der Waals surface area contributed by atoms with E-state index >= 15 is 0 Å². The van der Waals surface area contributed by atoms with Crippen LogP contribution >= 0.6 is 0 Å². The molecule has 6 heteroatoms. The molecule has 0 aromatic rings. The van der Waals surface area contributed by atoms with Crippen molar-refractivity contribution in [3.05, 3.63) is 0 Å². The first-order chi connectivity index (χ1) is 8.52. The van der Waals surface area contributed by atoms with Crippen LogP contribution in [0, 0.1) is 5.92 Å². The maximum Gasteiger partial charge on any atom is 0.317 e. The molecule has 1 rings (SSSR count). The van der Waals surface area contributed by atoms with Crippen molar-refractivity contribution in [2.75, 3.05) is 39.3 Å². The number of aliphatic carboxylic acids is 1. The summed E-state index contributed by atoms with van der Waals surface area (Å²) < 4.78 is 0. The largest absolute Gasteiger partial charge is 0.480 e. The Morgan fingerprint density at radius 3 is 2.39 bits per heavy atom. The highest BCUT2D eigenvalue weighted by molar-refractivity contribution is 5.76. The number of nitrogens with zero attached hydrogens (tertiary/aromatic N) is 2. The summed E-state index contributed by atoms with van der Waals surface area (Å²) in [5, 5.41) is 8.68. The highest BCUT2D eigenvalue weighted by Crippen LogP contribution is 2.08. The molecule has 1 saturated heterocycles. The molecule has 0 spiro atoms. The quantitative estimate of drug-likeness (QED) is 0.675. The number of hydrogen-bond donors (Lipinski definition) is 2. The Morgan fingerprint density at radius 2 is 1.89 bits per heavy atom. The lowest BCUT2D eigenvalue weighted by Crippen LogP contribution is -2.49. The van der Waals surface area contributed by atoms with Gasteiger partial charge in [-0.25, -0.2) is 0 Å². The number of piperazine rings is 1. The van der Waals surface area contributed by atoms with Gasteiger partial charge in [0.05, 0.1) is 6.54 Å². The third kappa shape index (κ3) is 5.01. The van der Waals surface area contributed by atoms with Crippen molar-refractivity contribution in [2.45, 2.75) is 19.8 Å². The summed E-state index contributed by atoms with van der Waals surface area (Å²) in [6.45, 7) is 5.26. The number of carboxylic acid groups (broad SMARTS) is 1. The number of hydrogen-bond acceptors (Lipinski definition) is 4. The lowest BCUT2D eigenvalue weighted by atomic mass is 10.1. The van der Waals surface area contributed by atoms with Crippen molar-refractivity contribution in [2.24, 2.45) is 11.7 Å². The molecule has 0 saturated carbocycles. The lowest BCUT2D eigenvalue weighted by molar-refractivity contribution is -0.139. The van der Waals surface area contributed by atoms with Gasteiger partial charge in [0.25, 0.3) is 0 Å². The predicted octanol–water partition coefficient (Wildman–Crippen LogP) is -0.410. The zero-order valence-corrected chi connectivity index (χ0v) is 11.0. The third-order valence-corrected chi connectivity index (χ3v) is 3.34. The van der Waals surface area contributed by atoms with E-state index in [0.717, 1.165) is 6.42 Å². The number of carbonyl (C=O) groups is 2. The van der Waals surface area contributed by atoms with Crippen LogP contribution in [-0.4, -0.2) is 66.1 Å². The number of nitrogens with two attached hydrogens (primary N) is 1. The standard InChI is InChI=1S/C12H23N3O3/c1-10(8-13)2-3-11(16)15-6-4-14(5-7-15)9-12(17)18/h10H,2-9,13H2,1H3,(H,17,18). The second kappa shape index (κ2) is 7.33. The Morgan fingerprint density at radius 1 is 1.28 bits per heavy atom. The molecule has 1 unspecified atom stereocenters. The molecule has 1 heterocycles. The van der Waals surface area contributed by atoms with Crippen molar-refractivity contribution < 1.29 is 14.7 Å². The van der Waals surface area contributed by atoms with E-state index in [1.54, 1.807) is 0 Å². The molecule has 18 heavy (non-hydrogen) atoms. The van der Waals surface area contributed by atoms with E-state index in [2.05, 4.69) is 0 Å². The van der Waals surface area contributed by atoms with E-state index < -0.39 is 5.97 Å². The van der Waals surface area contributed by atoms with Crippen LogP contribution in [0.25, 0.3) is 0 Å². The average Bonchev–Trinajstić information content (AvgIpc) is 2.35. The van der Waals surface area contributed by atoms with Crippen molar-refractivity contribution in [3.63, 3.8) is 0 Å². The van der Waals surface area contributed by atoms with Crippen molar-refractivity contribution in [1.82, 2.24) is 9.80 Å². The summed E-state index contributed by atoms with van der Waals surface area (Å²) in [6, 6.07) is 0. The first-order valence-corrected chi connectivity index (χ1v) is 6.45.